The van der Waals surface area contributed by atoms with Crippen LogP contribution >= 0.6 is 11.3 Å². The van der Waals surface area contributed by atoms with Gasteiger partial charge in [-0.15, -0.1) is 11.3 Å². The Hall–Kier alpha value is -1.68. The van der Waals surface area contributed by atoms with Crippen LogP contribution in [0.4, 0.5) is 0 Å². The number of thiophene rings is 1. The van der Waals surface area contributed by atoms with Crippen molar-refractivity contribution in [3.63, 3.8) is 0 Å². The number of benzene rings is 1. The zero-order chi connectivity index (χ0) is 12.4. The highest BCUT2D eigenvalue weighted by molar-refractivity contribution is 7.21. The zero-order valence-electron chi connectivity index (χ0n) is 9.65. The molecule has 88 valence electrons. The van der Waals surface area contributed by atoms with E-state index in [1.807, 2.05) is 25.1 Å². The Balaban J connectivity index is 2.40. The van der Waals surface area contributed by atoms with Gasteiger partial charge >= 0.3 is 5.97 Å². The first-order chi connectivity index (χ1) is 8.13. The second kappa shape index (κ2) is 4.67. The first-order valence-electron chi connectivity index (χ1n) is 5.34. The fraction of sp³-hybridized carbons (Fsp3) is 0.231. The van der Waals surface area contributed by atoms with E-state index in [0.717, 1.165) is 15.6 Å². The van der Waals surface area contributed by atoms with Crippen molar-refractivity contribution >= 4 is 33.2 Å². The summed E-state index contributed by atoms with van der Waals surface area (Å²) in [6.45, 7) is 3.88. The number of carbonyl (C=O) groups excluding carboxylic acids is 2. The number of carbonyl (C=O) groups is 2. The van der Waals surface area contributed by atoms with Gasteiger partial charge in [0.25, 0.3) is 5.78 Å². The van der Waals surface area contributed by atoms with Gasteiger partial charge in [0.2, 0.25) is 0 Å². The van der Waals surface area contributed by atoms with Gasteiger partial charge in [-0.3, -0.25) is 4.79 Å². The molecule has 0 radical (unpaired) electrons. The largest absolute Gasteiger partial charge is 0.460 e. The summed E-state index contributed by atoms with van der Waals surface area (Å²) < 4.78 is 5.74. The minimum Gasteiger partial charge on any atom is -0.460 e. The molecule has 4 heteroatoms. The Morgan fingerprint density at radius 3 is 2.76 bits per heavy atom. The van der Waals surface area contributed by atoms with Gasteiger partial charge in [0.1, 0.15) is 0 Å². The Labute approximate surface area is 103 Å². The number of esters is 1. The third-order valence-corrected chi connectivity index (χ3v) is 3.71. The molecule has 0 unspecified atom stereocenters. The summed E-state index contributed by atoms with van der Waals surface area (Å²) in [6.07, 6.45) is 0. The summed E-state index contributed by atoms with van der Waals surface area (Å²) in [6, 6.07) is 7.59. The van der Waals surface area contributed by atoms with E-state index >= 15 is 0 Å². The van der Waals surface area contributed by atoms with Crippen LogP contribution in [0.25, 0.3) is 10.1 Å². The lowest BCUT2D eigenvalue weighted by Crippen LogP contribution is -2.16. The second-order valence-electron chi connectivity index (χ2n) is 3.65. The highest BCUT2D eigenvalue weighted by atomic mass is 32.1. The fourth-order valence-corrected chi connectivity index (χ4v) is 2.67. The molecule has 0 amide bonds. The molecule has 0 spiro atoms. The number of fused-ring (bicyclic) bond motifs is 1. The smallest absolute Gasteiger partial charge is 0.380 e. The highest BCUT2D eigenvalue weighted by Crippen LogP contribution is 2.28. The monoisotopic (exact) mass is 248 g/mol. The van der Waals surface area contributed by atoms with E-state index in [4.69, 9.17) is 4.74 Å². The van der Waals surface area contributed by atoms with Crippen molar-refractivity contribution in [3.8, 4) is 0 Å². The van der Waals surface area contributed by atoms with Gasteiger partial charge in [-0.25, -0.2) is 4.79 Å². The van der Waals surface area contributed by atoms with Crippen molar-refractivity contribution in [2.75, 3.05) is 6.61 Å². The van der Waals surface area contributed by atoms with Crippen molar-refractivity contribution in [1.82, 2.24) is 0 Å². The topological polar surface area (TPSA) is 43.4 Å². The van der Waals surface area contributed by atoms with Crippen LogP contribution in [0.2, 0.25) is 0 Å². The maximum Gasteiger partial charge on any atom is 0.380 e. The maximum absolute atomic E-state index is 11.8. The SMILES string of the molecule is CCOC(=O)C(=O)c1cc2cccc(C)c2s1. The van der Waals surface area contributed by atoms with Crippen LogP contribution in [0, 0.1) is 6.92 Å². The molecule has 2 aromatic rings. The minimum absolute atomic E-state index is 0.217. The third kappa shape index (κ3) is 2.22. The van der Waals surface area contributed by atoms with E-state index in [1.165, 1.54) is 11.3 Å². The first kappa shape index (κ1) is 11.8. The maximum atomic E-state index is 11.8. The molecule has 0 fully saturated rings. The third-order valence-electron chi connectivity index (χ3n) is 2.43. The number of hydrogen-bond donors (Lipinski definition) is 0. The molecule has 0 aliphatic heterocycles. The standard InChI is InChI=1S/C13H12O3S/c1-3-16-13(15)11(14)10-7-9-6-4-5-8(2)12(9)17-10/h4-7H,3H2,1-2H3. The van der Waals surface area contributed by atoms with Crippen LogP contribution in [0.15, 0.2) is 24.3 Å². The summed E-state index contributed by atoms with van der Waals surface area (Å²) in [5, 5.41) is 0.989. The summed E-state index contributed by atoms with van der Waals surface area (Å²) in [7, 11) is 0. The number of ether oxygens (including phenoxy) is 1. The molecule has 0 aliphatic rings. The molecule has 2 rings (SSSR count). The van der Waals surface area contributed by atoms with Crippen LogP contribution in [0.3, 0.4) is 0 Å². The quantitative estimate of drug-likeness (QED) is 0.476. The van der Waals surface area contributed by atoms with Crippen molar-refractivity contribution < 1.29 is 14.3 Å². The van der Waals surface area contributed by atoms with Crippen molar-refractivity contribution in [3.05, 3.63) is 34.7 Å². The predicted molar refractivity (Wildman–Crippen MR) is 67.5 cm³/mol. The number of ketones is 1. The van der Waals surface area contributed by atoms with Crippen molar-refractivity contribution in [2.45, 2.75) is 13.8 Å². The molecule has 0 bridgehead atoms. The molecule has 0 aliphatic carbocycles. The molecule has 1 aromatic carbocycles. The van der Waals surface area contributed by atoms with Gasteiger partial charge in [0, 0.05) is 4.70 Å². The molecule has 0 N–H and O–H groups in total. The van der Waals surface area contributed by atoms with Crippen molar-refractivity contribution in [1.29, 1.82) is 0 Å². The Bertz CT molecular complexity index is 583. The predicted octanol–water partition coefficient (Wildman–Crippen LogP) is 2.96. The normalized spacial score (nSPS) is 10.5. The highest BCUT2D eigenvalue weighted by Gasteiger charge is 2.20. The molecular formula is C13H12O3S. The number of aryl methyl sites for hydroxylation is 1. The van der Waals surface area contributed by atoms with Crippen LogP contribution in [-0.4, -0.2) is 18.4 Å². The number of hydrogen-bond acceptors (Lipinski definition) is 4. The van der Waals surface area contributed by atoms with Gasteiger partial charge in [0.05, 0.1) is 11.5 Å². The van der Waals surface area contributed by atoms with E-state index in [9.17, 15) is 9.59 Å². The van der Waals surface area contributed by atoms with Crippen LogP contribution in [0.5, 0.6) is 0 Å². The van der Waals surface area contributed by atoms with Crippen molar-refractivity contribution in [2.24, 2.45) is 0 Å². The van der Waals surface area contributed by atoms with Gasteiger partial charge in [-0.2, -0.15) is 0 Å². The van der Waals surface area contributed by atoms with Gasteiger partial charge in [-0.1, -0.05) is 18.2 Å². The Morgan fingerprint density at radius 1 is 1.35 bits per heavy atom. The summed E-state index contributed by atoms with van der Waals surface area (Å²) in [4.78, 5) is 23.5. The lowest BCUT2D eigenvalue weighted by atomic mass is 10.2. The number of rotatable bonds is 3. The first-order valence-corrected chi connectivity index (χ1v) is 6.15. The molecule has 17 heavy (non-hydrogen) atoms. The van der Waals surface area contributed by atoms with E-state index in [2.05, 4.69) is 0 Å². The average molecular weight is 248 g/mol. The van der Waals surface area contributed by atoms with Crippen LogP contribution in [-0.2, 0) is 9.53 Å². The molecule has 0 saturated heterocycles. The lowest BCUT2D eigenvalue weighted by Gasteiger charge is -1.97. The van der Waals surface area contributed by atoms with Gasteiger partial charge in [0.15, 0.2) is 0 Å². The van der Waals surface area contributed by atoms with E-state index in [-0.39, 0.29) is 6.61 Å². The molecular weight excluding hydrogens is 236 g/mol. The molecule has 3 nitrogen and oxygen atoms in total. The van der Waals surface area contributed by atoms with Gasteiger partial charge < -0.3 is 4.74 Å². The number of Topliss-reactive ketones (excluding diaryl/α,β-unsaturated/α-hetero) is 1. The minimum atomic E-state index is -0.781. The Morgan fingerprint density at radius 2 is 2.12 bits per heavy atom. The summed E-state index contributed by atoms with van der Waals surface area (Å²) in [5.74, 6) is -1.34. The van der Waals surface area contributed by atoms with E-state index in [1.54, 1.807) is 13.0 Å². The Kier molecular flexibility index (Phi) is 3.24. The molecule has 0 saturated carbocycles. The average Bonchev–Trinajstić information content (AvgIpc) is 2.73. The lowest BCUT2D eigenvalue weighted by molar-refractivity contribution is -0.137. The van der Waals surface area contributed by atoms with Crippen LogP contribution < -0.4 is 0 Å². The summed E-state index contributed by atoms with van der Waals surface area (Å²) >= 11 is 1.34. The summed E-state index contributed by atoms with van der Waals surface area (Å²) in [5.41, 5.74) is 1.11. The zero-order valence-corrected chi connectivity index (χ0v) is 10.5. The van der Waals surface area contributed by atoms with E-state index < -0.39 is 11.8 Å². The van der Waals surface area contributed by atoms with Crippen LogP contribution in [0.1, 0.15) is 22.2 Å². The molecule has 1 aromatic heterocycles. The van der Waals surface area contributed by atoms with E-state index in [0.29, 0.717) is 4.88 Å². The fourth-order valence-electron chi connectivity index (χ4n) is 1.62. The van der Waals surface area contributed by atoms with Gasteiger partial charge in [-0.05, 0) is 30.9 Å². The molecule has 1 heterocycles. The second-order valence-corrected chi connectivity index (χ2v) is 4.71. The molecule has 0 atom stereocenters.